The average Bonchev–Trinajstić information content (AvgIpc) is 3.78. The molecule has 4 N–H and O–H groups in total. The average molecular weight is 509 g/mol. The number of nitrogens with one attached hydrogen (secondary N) is 4. The number of benzene rings is 2. The molecule has 2 bridgehead atoms. The fraction of sp³-hybridized carbons (Fsp3) is 0.419. The van der Waals surface area contributed by atoms with Crippen LogP contribution in [-0.4, -0.2) is 33.0 Å². The highest BCUT2D eigenvalue weighted by atomic mass is 19.1. The quantitative estimate of drug-likeness (QED) is 0.249. The van der Waals surface area contributed by atoms with Gasteiger partial charge in [-0.15, -0.1) is 0 Å². The second kappa shape index (κ2) is 8.89. The molecule has 2 saturated heterocycles. The Morgan fingerprint density at radius 3 is 1.95 bits per heavy atom. The van der Waals surface area contributed by atoms with E-state index >= 15 is 4.39 Å². The second-order valence-electron chi connectivity index (χ2n) is 11.6. The highest BCUT2D eigenvalue weighted by molar-refractivity contribution is 5.80. The number of hydrogen-bond acceptors (Lipinski definition) is 4. The minimum Gasteiger partial charge on any atom is -0.341 e. The zero-order valence-corrected chi connectivity index (χ0v) is 21.5. The molecule has 4 aliphatic rings. The molecular weight excluding hydrogens is 475 g/mol. The van der Waals surface area contributed by atoms with Gasteiger partial charge in [0.15, 0.2) is 0 Å². The molecule has 4 heterocycles. The topological polar surface area (TPSA) is 81.4 Å². The Morgan fingerprint density at radius 1 is 0.684 bits per heavy atom. The lowest BCUT2D eigenvalue weighted by atomic mass is 9.82. The van der Waals surface area contributed by atoms with Crippen LogP contribution in [0.25, 0.3) is 33.6 Å². The van der Waals surface area contributed by atoms with Crippen LogP contribution in [-0.2, 0) is 0 Å². The van der Waals surface area contributed by atoms with E-state index in [2.05, 4.69) is 37.7 Å². The molecule has 3 unspecified atom stereocenters. The lowest BCUT2D eigenvalue weighted by Gasteiger charge is -2.22. The van der Waals surface area contributed by atoms with E-state index in [0.717, 1.165) is 66.5 Å². The summed E-state index contributed by atoms with van der Waals surface area (Å²) < 4.78 is 15.8. The van der Waals surface area contributed by atoms with Gasteiger partial charge in [-0.2, -0.15) is 0 Å². The van der Waals surface area contributed by atoms with Crippen LogP contribution < -0.4 is 10.6 Å². The Labute approximate surface area is 221 Å². The third kappa shape index (κ3) is 3.59. The SMILES string of the molecule is Fc1cc(-c2cnc(C3CCCN3)[nH]2)ccc1-c1ccc(-c2cnc([C@@H]3CCCN3)[nH]2)c2c1C1CCC2C1. The second-order valence-corrected chi connectivity index (χ2v) is 11.6. The van der Waals surface area contributed by atoms with E-state index in [9.17, 15) is 0 Å². The maximum absolute atomic E-state index is 15.8. The predicted molar refractivity (Wildman–Crippen MR) is 146 cm³/mol. The number of fused-ring (bicyclic) bond motifs is 5. The molecule has 4 atom stereocenters. The minimum absolute atomic E-state index is 0.175. The van der Waals surface area contributed by atoms with Crippen molar-refractivity contribution in [3.05, 3.63) is 71.3 Å². The molecule has 6 nitrogen and oxygen atoms in total. The standard InChI is InChI=1S/C31H33FN6/c32-23-14-17(26-15-35-30(37-26)24-3-1-11-33-24)7-8-20(23)21-9-10-22(29-19-6-5-18(13-19)28(21)29)27-16-36-31(38-27)25-4-2-12-34-25/h7-10,14-16,18-19,24-25,33-34H,1-6,11-13H2,(H,35,37)(H,36,38)/t18?,19?,24?,25-/m0/s1. The molecule has 1 saturated carbocycles. The first-order chi connectivity index (χ1) is 18.7. The largest absolute Gasteiger partial charge is 0.341 e. The van der Waals surface area contributed by atoms with Crippen LogP contribution in [0.4, 0.5) is 4.39 Å². The fourth-order valence-electron chi connectivity index (χ4n) is 7.54. The van der Waals surface area contributed by atoms with Crippen LogP contribution in [0.5, 0.6) is 0 Å². The molecule has 2 aromatic carbocycles. The first-order valence-corrected chi connectivity index (χ1v) is 14.3. The lowest BCUT2D eigenvalue weighted by molar-refractivity contribution is 0.613. The smallest absolute Gasteiger partial charge is 0.131 e. The minimum atomic E-state index is -0.175. The molecule has 0 spiro atoms. The van der Waals surface area contributed by atoms with E-state index in [1.807, 2.05) is 24.5 Å². The van der Waals surface area contributed by atoms with Crippen LogP contribution in [0.15, 0.2) is 42.7 Å². The summed E-state index contributed by atoms with van der Waals surface area (Å²) >= 11 is 0. The first-order valence-electron chi connectivity index (χ1n) is 14.3. The molecule has 8 rings (SSSR count). The van der Waals surface area contributed by atoms with Crippen LogP contribution in [0.2, 0.25) is 0 Å². The van der Waals surface area contributed by atoms with E-state index in [1.165, 1.54) is 42.4 Å². The summed E-state index contributed by atoms with van der Waals surface area (Å²) in [7, 11) is 0. The fourth-order valence-corrected chi connectivity index (χ4v) is 7.54. The van der Waals surface area contributed by atoms with E-state index in [1.54, 1.807) is 6.07 Å². The summed E-state index contributed by atoms with van der Waals surface area (Å²) in [6.45, 7) is 2.08. The first kappa shape index (κ1) is 22.7. The normalized spacial score (nSPS) is 25.9. The highest BCUT2D eigenvalue weighted by Gasteiger charge is 2.41. The van der Waals surface area contributed by atoms with Crippen molar-refractivity contribution in [1.29, 1.82) is 0 Å². The molecule has 4 aromatic rings. The number of imidazole rings is 2. The Bertz CT molecular complexity index is 1510. The van der Waals surface area contributed by atoms with Gasteiger partial charge in [-0.3, -0.25) is 0 Å². The number of halogens is 1. The van der Waals surface area contributed by atoms with Gasteiger partial charge in [0.25, 0.3) is 0 Å². The van der Waals surface area contributed by atoms with Gasteiger partial charge in [0.1, 0.15) is 17.5 Å². The molecule has 0 amide bonds. The van der Waals surface area contributed by atoms with Crippen molar-refractivity contribution >= 4 is 0 Å². The third-order valence-electron chi connectivity index (χ3n) is 9.37. The highest BCUT2D eigenvalue weighted by Crippen LogP contribution is 2.58. The van der Waals surface area contributed by atoms with Gasteiger partial charge < -0.3 is 20.6 Å². The number of rotatable bonds is 5. The Balaban J connectivity index is 1.15. The van der Waals surface area contributed by atoms with Crippen LogP contribution >= 0.6 is 0 Å². The summed E-state index contributed by atoms with van der Waals surface area (Å²) in [5.74, 6) is 2.86. The van der Waals surface area contributed by atoms with Crippen molar-refractivity contribution < 1.29 is 4.39 Å². The van der Waals surface area contributed by atoms with Crippen molar-refractivity contribution in [2.24, 2.45) is 0 Å². The molecular formula is C31H33FN6. The van der Waals surface area contributed by atoms with Crippen LogP contribution in [0.3, 0.4) is 0 Å². The molecule has 3 fully saturated rings. The maximum Gasteiger partial charge on any atom is 0.131 e. The lowest BCUT2D eigenvalue weighted by Crippen LogP contribution is -2.14. The maximum atomic E-state index is 15.8. The monoisotopic (exact) mass is 508 g/mol. The predicted octanol–water partition coefficient (Wildman–Crippen LogP) is 6.49. The van der Waals surface area contributed by atoms with E-state index in [-0.39, 0.29) is 11.9 Å². The number of H-pyrrole nitrogens is 2. The van der Waals surface area contributed by atoms with Crippen LogP contribution in [0.1, 0.15) is 91.6 Å². The van der Waals surface area contributed by atoms with Gasteiger partial charge in [0.05, 0.1) is 35.9 Å². The van der Waals surface area contributed by atoms with Crippen molar-refractivity contribution in [3.63, 3.8) is 0 Å². The molecule has 0 radical (unpaired) electrons. The summed E-state index contributed by atoms with van der Waals surface area (Å²) in [5.41, 5.74) is 8.56. The van der Waals surface area contributed by atoms with E-state index in [0.29, 0.717) is 23.4 Å². The van der Waals surface area contributed by atoms with Gasteiger partial charge in [-0.05, 0) is 92.6 Å². The Morgan fingerprint density at radius 2 is 1.29 bits per heavy atom. The van der Waals surface area contributed by atoms with Gasteiger partial charge in [0.2, 0.25) is 0 Å². The van der Waals surface area contributed by atoms with Gasteiger partial charge in [0, 0.05) is 16.7 Å². The van der Waals surface area contributed by atoms with Crippen molar-refractivity contribution in [2.75, 3.05) is 13.1 Å². The third-order valence-corrected chi connectivity index (χ3v) is 9.37. The molecule has 2 aliphatic heterocycles. The number of hydrogen-bond donors (Lipinski definition) is 4. The van der Waals surface area contributed by atoms with Gasteiger partial charge >= 0.3 is 0 Å². The number of aromatic amines is 2. The Hall–Kier alpha value is -3.29. The number of aromatic nitrogens is 4. The zero-order chi connectivity index (χ0) is 25.2. The van der Waals surface area contributed by atoms with Crippen LogP contribution in [0, 0.1) is 5.82 Å². The Kier molecular flexibility index (Phi) is 5.30. The molecule has 194 valence electrons. The zero-order valence-electron chi connectivity index (χ0n) is 21.5. The summed E-state index contributed by atoms with van der Waals surface area (Å²) in [6.07, 6.45) is 12.0. The van der Waals surface area contributed by atoms with E-state index < -0.39 is 0 Å². The molecule has 7 heteroatoms. The van der Waals surface area contributed by atoms with Gasteiger partial charge in [-0.1, -0.05) is 24.3 Å². The van der Waals surface area contributed by atoms with E-state index in [4.69, 9.17) is 4.98 Å². The molecule has 38 heavy (non-hydrogen) atoms. The van der Waals surface area contributed by atoms with Crippen molar-refractivity contribution in [2.45, 2.75) is 68.9 Å². The van der Waals surface area contributed by atoms with Gasteiger partial charge in [-0.25, -0.2) is 14.4 Å². The van der Waals surface area contributed by atoms with Crippen molar-refractivity contribution in [3.8, 4) is 33.6 Å². The molecule has 2 aliphatic carbocycles. The summed E-state index contributed by atoms with van der Waals surface area (Å²) in [5, 5.41) is 7.01. The van der Waals surface area contributed by atoms with Crippen molar-refractivity contribution in [1.82, 2.24) is 30.6 Å². The molecule has 2 aromatic heterocycles. The summed E-state index contributed by atoms with van der Waals surface area (Å²) in [6, 6.07) is 10.6. The number of nitrogens with zero attached hydrogens (tertiary/aromatic N) is 2. The summed E-state index contributed by atoms with van der Waals surface area (Å²) in [4.78, 5) is 16.3.